The van der Waals surface area contributed by atoms with Gasteiger partial charge in [-0.3, -0.25) is 0 Å². The third kappa shape index (κ3) is 3.55. The summed E-state index contributed by atoms with van der Waals surface area (Å²) in [4.78, 5) is 0. The molecular weight excluding hydrogens is 330 g/mol. The summed E-state index contributed by atoms with van der Waals surface area (Å²) < 4.78 is 32.5. The van der Waals surface area contributed by atoms with Crippen LogP contribution in [0.4, 0.5) is 8.78 Å². The zero-order valence-corrected chi connectivity index (χ0v) is 12.3. The van der Waals surface area contributed by atoms with Crippen molar-refractivity contribution in [2.45, 2.75) is 19.6 Å². The summed E-state index contributed by atoms with van der Waals surface area (Å²) in [5.41, 5.74) is 1.21. The van der Waals surface area contributed by atoms with Crippen molar-refractivity contribution in [3.8, 4) is 5.75 Å². The van der Waals surface area contributed by atoms with Crippen LogP contribution >= 0.6 is 15.9 Å². The van der Waals surface area contributed by atoms with Gasteiger partial charge in [-0.05, 0) is 58.2 Å². The molecule has 2 nitrogen and oxygen atoms in total. The Balaban J connectivity index is 2.09. The van der Waals surface area contributed by atoms with Gasteiger partial charge in [0.15, 0.2) is 11.6 Å². The van der Waals surface area contributed by atoms with Crippen LogP contribution in [0.1, 0.15) is 24.2 Å². The van der Waals surface area contributed by atoms with Crippen LogP contribution in [0.25, 0.3) is 0 Å². The fourth-order valence-electron chi connectivity index (χ4n) is 1.68. The first kappa shape index (κ1) is 14.9. The predicted octanol–water partition coefficient (Wildman–Crippen LogP) is 4.36. The Morgan fingerprint density at radius 2 is 1.90 bits per heavy atom. The first-order valence-electron chi connectivity index (χ1n) is 6.01. The van der Waals surface area contributed by atoms with E-state index in [1.807, 2.05) is 0 Å². The average molecular weight is 343 g/mol. The minimum Gasteiger partial charge on any atom is -0.486 e. The summed E-state index contributed by atoms with van der Waals surface area (Å²) in [5.74, 6) is -0.805. The summed E-state index contributed by atoms with van der Waals surface area (Å²) in [6.45, 7) is 1.69. The van der Waals surface area contributed by atoms with Crippen molar-refractivity contribution in [1.82, 2.24) is 0 Å². The van der Waals surface area contributed by atoms with E-state index >= 15 is 0 Å². The lowest BCUT2D eigenvalue weighted by molar-refractivity contribution is 0.198. The third-order valence-electron chi connectivity index (χ3n) is 2.82. The first-order valence-corrected chi connectivity index (χ1v) is 6.81. The summed E-state index contributed by atoms with van der Waals surface area (Å²) in [7, 11) is 0. The van der Waals surface area contributed by atoms with Crippen LogP contribution in [-0.4, -0.2) is 5.11 Å². The van der Waals surface area contributed by atoms with Crippen LogP contribution in [0.2, 0.25) is 0 Å². The highest BCUT2D eigenvalue weighted by Gasteiger charge is 2.08. The van der Waals surface area contributed by atoms with E-state index in [1.54, 1.807) is 25.1 Å². The first-order chi connectivity index (χ1) is 9.47. The molecule has 106 valence electrons. The maximum absolute atomic E-state index is 13.8. The molecule has 0 aliphatic carbocycles. The molecule has 2 aromatic carbocycles. The van der Waals surface area contributed by atoms with Gasteiger partial charge in [-0.1, -0.05) is 12.1 Å². The normalized spacial score (nSPS) is 12.2. The van der Waals surface area contributed by atoms with Gasteiger partial charge >= 0.3 is 0 Å². The SMILES string of the molecule is CC(O)c1ccc(OCc2ccc(F)c(Br)c2)c(F)c1. The standard InChI is InChI=1S/C15H13BrF2O2/c1-9(19)11-3-5-15(14(18)7-11)20-8-10-2-4-13(17)12(16)6-10/h2-7,9,19H,8H2,1H3. The van der Waals surface area contributed by atoms with Gasteiger partial charge in [0, 0.05) is 0 Å². The molecular formula is C15H13BrF2O2. The molecule has 1 N–H and O–H groups in total. The molecule has 0 radical (unpaired) electrons. The quantitative estimate of drug-likeness (QED) is 0.894. The van der Waals surface area contributed by atoms with Crippen LogP contribution in [0, 0.1) is 11.6 Å². The number of hydrogen-bond donors (Lipinski definition) is 1. The Kier molecular flexibility index (Phi) is 4.73. The number of rotatable bonds is 4. The van der Waals surface area contributed by atoms with E-state index in [2.05, 4.69) is 15.9 Å². The minimum absolute atomic E-state index is 0.0925. The zero-order chi connectivity index (χ0) is 14.7. The van der Waals surface area contributed by atoms with Gasteiger partial charge in [-0.15, -0.1) is 0 Å². The number of aliphatic hydroxyl groups excluding tert-OH is 1. The van der Waals surface area contributed by atoms with Crippen LogP contribution in [0.15, 0.2) is 40.9 Å². The highest BCUT2D eigenvalue weighted by atomic mass is 79.9. The van der Waals surface area contributed by atoms with E-state index in [1.165, 1.54) is 18.2 Å². The van der Waals surface area contributed by atoms with Crippen molar-refractivity contribution in [3.05, 3.63) is 63.6 Å². The smallest absolute Gasteiger partial charge is 0.165 e. The fraction of sp³-hybridized carbons (Fsp3) is 0.200. The molecule has 0 aliphatic rings. The Morgan fingerprint density at radius 1 is 1.15 bits per heavy atom. The predicted molar refractivity (Wildman–Crippen MR) is 75.5 cm³/mol. The Morgan fingerprint density at radius 3 is 2.50 bits per heavy atom. The molecule has 20 heavy (non-hydrogen) atoms. The molecule has 1 atom stereocenters. The van der Waals surface area contributed by atoms with Gasteiger partial charge in [-0.25, -0.2) is 8.78 Å². The van der Waals surface area contributed by atoms with Crippen LogP contribution < -0.4 is 4.74 Å². The minimum atomic E-state index is -0.730. The van der Waals surface area contributed by atoms with Crippen LogP contribution in [-0.2, 0) is 6.61 Å². The van der Waals surface area contributed by atoms with Gasteiger partial charge in [0.05, 0.1) is 10.6 Å². The number of aliphatic hydroxyl groups is 1. The van der Waals surface area contributed by atoms with Crippen molar-refractivity contribution in [2.75, 3.05) is 0 Å². The Bertz CT molecular complexity index is 615. The highest BCUT2D eigenvalue weighted by Crippen LogP contribution is 2.23. The van der Waals surface area contributed by atoms with Crippen molar-refractivity contribution >= 4 is 15.9 Å². The number of ether oxygens (including phenoxy) is 1. The second kappa shape index (κ2) is 6.33. The van der Waals surface area contributed by atoms with Crippen molar-refractivity contribution in [3.63, 3.8) is 0 Å². The van der Waals surface area contributed by atoms with Crippen molar-refractivity contribution in [1.29, 1.82) is 0 Å². The van der Waals surface area contributed by atoms with Crippen molar-refractivity contribution < 1.29 is 18.6 Å². The lowest BCUT2D eigenvalue weighted by atomic mass is 10.1. The lowest BCUT2D eigenvalue weighted by Crippen LogP contribution is -1.99. The van der Waals surface area contributed by atoms with E-state index in [4.69, 9.17) is 4.74 Å². The topological polar surface area (TPSA) is 29.5 Å². The number of benzene rings is 2. The van der Waals surface area contributed by atoms with Crippen LogP contribution in [0.5, 0.6) is 5.75 Å². The van der Waals surface area contributed by atoms with Gasteiger partial charge in [0.2, 0.25) is 0 Å². The second-order valence-corrected chi connectivity index (χ2v) is 5.26. The summed E-state index contributed by atoms with van der Waals surface area (Å²) >= 11 is 3.08. The molecule has 0 spiro atoms. The number of halogens is 3. The molecule has 2 aromatic rings. The Labute approximate surface area is 124 Å². The van der Waals surface area contributed by atoms with Gasteiger partial charge in [0.25, 0.3) is 0 Å². The zero-order valence-electron chi connectivity index (χ0n) is 10.7. The molecule has 1 unspecified atom stereocenters. The second-order valence-electron chi connectivity index (χ2n) is 4.40. The summed E-state index contributed by atoms with van der Waals surface area (Å²) in [5, 5.41) is 9.36. The van der Waals surface area contributed by atoms with E-state index in [0.29, 0.717) is 10.0 Å². The largest absolute Gasteiger partial charge is 0.486 e. The van der Waals surface area contributed by atoms with Crippen molar-refractivity contribution in [2.24, 2.45) is 0 Å². The number of hydrogen-bond acceptors (Lipinski definition) is 2. The average Bonchev–Trinajstić information content (AvgIpc) is 2.41. The van der Waals surface area contributed by atoms with E-state index in [9.17, 15) is 13.9 Å². The summed E-state index contributed by atoms with van der Waals surface area (Å²) in [6, 6.07) is 8.77. The monoisotopic (exact) mass is 342 g/mol. The van der Waals surface area contributed by atoms with Gasteiger partial charge in [-0.2, -0.15) is 0 Å². The molecule has 0 fully saturated rings. The molecule has 0 heterocycles. The molecule has 0 bridgehead atoms. The van der Waals surface area contributed by atoms with E-state index in [0.717, 1.165) is 5.56 Å². The maximum atomic E-state index is 13.8. The Hall–Kier alpha value is -1.46. The lowest BCUT2D eigenvalue weighted by Gasteiger charge is -2.10. The molecule has 0 aliphatic heterocycles. The third-order valence-corrected chi connectivity index (χ3v) is 3.42. The molecule has 0 saturated heterocycles. The molecule has 5 heteroatoms. The molecule has 0 saturated carbocycles. The van der Waals surface area contributed by atoms with E-state index in [-0.39, 0.29) is 18.2 Å². The van der Waals surface area contributed by atoms with Crippen LogP contribution in [0.3, 0.4) is 0 Å². The molecule has 0 amide bonds. The maximum Gasteiger partial charge on any atom is 0.165 e. The highest BCUT2D eigenvalue weighted by molar-refractivity contribution is 9.10. The molecule has 0 aromatic heterocycles. The molecule has 2 rings (SSSR count). The fourth-order valence-corrected chi connectivity index (χ4v) is 2.11. The van der Waals surface area contributed by atoms with E-state index < -0.39 is 11.9 Å². The van der Waals surface area contributed by atoms with Gasteiger partial charge in [0.1, 0.15) is 12.4 Å². The van der Waals surface area contributed by atoms with Gasteiger partial charge < -0.3 is 9.84 Å². The summed E-state index contributed by atoms with van der Waals surface area (Å²) in [6.07, 6.45) is -0.730.